The van der Waals surface area contributed by atoms with Crippen LogP contribution in [0.3, 0.4) is 0 Å². The molecule has 1 aromatic rings. The number of nitriles is 1. The van der Waals surface area contributed by atoms with E-state index in [4.69, 9.17) is 16.9 Å². The minimum Gasteiger partial charge on any atom is -0.375 e. The second-order valence-electron chi connectivity index (χ2n) is 5.42. The molecule has 0 aliphatic heterocycles. The molecule has 0 bridgehead atoms. The summed E-state index contributed by atoms with van der Waals surface area (Å²) in [4.78, 5) is 12.0. The molecule has 0 saturated heterocycles. The normalized spacial score (nSPS) is 15.8. The van der Waals surface area contributed by atoms with Crippen molar-refractivity contribution in [1.82, 2.24) is 5.32 Å². The number of carbonyl (C=O) groups excluding carboxylic acids is 1. The van der Waals surface area contributed by atoms with Gasteiger partial charge in [0.25, 0.3) is 0 Å². The molecule has 1 aliphatic carbocycles. The van der Waals surface area contributed by atoms with Gasteiger partial charge in [0.05, 0.1) is 28.9 Å². The van der Waals surface area contributed by atoms with E-state index in [1.807, 2.05) is 0 Å². The highest BCUT2D eigenvalue weighted by atomic mass is 35.5. The third-order valence-corrected chi connectivity index (χ3v) is 4.08. The van der Waals surface area contributed by atoms with E-state index in [0.29, 0.717) is 22.3 Å². The number of carbonyl (C=O) groups is 1. The van der Waals surface area contributed by atoms with Gasteiger partial charge in [-0.05, 0) is 31.0 Å². The summed E-state index contributed by atoms with van der Waals surface area (Å²) < 4.78 is 0. The van der Waals surface area contributed by atoms with Gasteiger partial charge in [-0.1, -0.05) is 37.3 Å². The van der Waals surface area contributed by atoms with Crippen LogP contribution in [-0.4, -0.2) is 18.5 Å². The molecule has 2 N–H and O–H groups in total. The van der Waals surface area contributed by atoms with Crippen LogP contribution in [0.4, 0.5) is 5.69 Å². The molecule has 4 nitrogen and oxygen atoms in total. The van der Waals surface area contributed by atoms with Gasteiger partial charge in [-0.15, -0.1) is 0 Å². The minimum atomic E-state index is -0.0275. The van der Waals surface area contributed by atoms with Crippen molar-refractivity contribution in [3.63, 3.8) is 0 Å². The largest absolute Gasteiger partial charge is 0.375 e. The zero-order valence-corrected chi connectivity index (χ0v) is 12.7. The summed E-state index contributed by atoms with van der Waals surface area (Å²) in [6.45, 7) is 0.172. The number of nitrogens with one attached hydrogen (secondary N) is 2. The lowest BCUT2D eigenvalue weighted by atomic mass is 10.1. The molecule has 0 spiro atoms. The Balaban J connectivity index is 1.84. The first-order valence-corrected chi connectivity index (χ1v) is 7.79. The highest BCUT2D eigenvalue weighted by Crippen LogP contribution is 2.22. The monoisotopic (exact) mass is 305 g/mol. The fourth-order valence-electron chi connectivity index (χ4n) is 2.61. The van der Waals surface area contributed by atoms with E-state index in [1.54, 1.807) is 18.2 Å². The highest BCUT2D eigenvalue weighted by molar-refractivity contribution is 6.33. The number of halogens is 1. The first-order chi connectivity index (χ1) is 10.2. The molecule has 0 unspecified atom stereocenters. The van der Waals surface area contributed by atoms with Crippen molar-refractivity contribution in [2.75, 3.05) is 11.9 Å². The van der Waals surface area contributed by atoms with Gasteiger partial charge in [0.15, 0.2) is 0 Å². The average Bonchev–Trinajstić information content (AvgIpc) is 2.75. The van der Waals surface area contributed by atoms with E-state index >= 15 is 0 Å². The third kappa shape index (κ3) is 4.95. The van der Waals surface area contributed by atoms with Crippen LogP contribution in [0.2, 0.25) is 5.02 Å². The Labute approximate surface area is 130 Å². The molecule has 1 saturated carbocycles. The number of benzene rings is 1. The molecular formula is C16H20ClN3O. The molecule has 0 atom stereocenters. The molecule has 0 aromatic heterocycles. The van der Waals surface area contributed by atoms with Gasteiger partial charge in [-0.2, -0.15) is 5.26 Å². The predicted molar refractivity (Wildman–Crippen MR) is 84.3 cm³/mol. The van der Waals surface area contributed by atoms with Gasteiger partial charge < -0.3 is 10.6 Å². The number of amides is 1. The van der Waals surface area contributed by atoms with E-state index in [-0.39, 0.29) is 12.5 Å². The summed E-state index contributed by atoms with van der Waals surface area (Å²) in [5.41, 5.74) is 1.14. The molecule has 2 rings (SSSR count). The highest BCUT2D eigenvalue weighted by Gasteiger charge is 2.14. The number of hydrogen-bond acceptors (Lipinski definition) is 3. The fourth-order valence-corrected chi connectivity index (χ4v) is 2.79. The summed E-state index contributed by atoms with van der Waals surface area (Å²) >= 11 is 6.05. The van der Waals surface area contributed by atoms with Gasteiger partial charge in [0, 0.05) is 6.04 Å². The van der Waals surface area contributed by atoms with Crippen LogP contribution in [-0.2, 0) is 4.79 Å². The molecule has 0 radical (unpaired) electrons. The van der Waals surface area contributed by atoms with Crippen molar-refractivity contribution in [2.24, 2.45) is 0 Å². The maximum Gasteiger partial charge on any atom is 0.239 e. The maximum absolute atomic E-state index is 12.0. The minimum absolute atomic E-state index is 0.0275. The Bertz CT molecular complexity index is 531. The molecule has 112 valence electrons. The number of rotatable bonds is 4. The number of nitrogens with zero attached hydrogens (tertiary/aromatic N) is 1. The second kappa shape index (κ2) is 7.90. The van der Waals surface area contributed by atoms with Crippen LogP contribution in [0.15, 0.2) is 18.2 Å². The van der Waals surface area contributed by atoms with Gasteiger partial charge in [0.1, 0.15) is 0 Å². The quantitative estimate of drug-likeness (QED) is 0.837. The molecule has 5 heteroatoms. The molecule has 21 heavy (non-hydrogen) atoms. The first-order valence-electron chi connectivity index (χ1n) is 7.42. The Kier molecular flexibility index (Phi) is 5.89. The zero-order valence-electron chi connectivity index (χ0n) is 12.0. The lowest BCUT2D eigenvalue weighted by Gasteiger charge is -2.17. The maximum atomic E-state index is 12.0. The van der Waals surface area contributed by atoms with E-state index in [1.165, 1.54) is 25.7 Å². The van der Waals surface area contributed by atoms with Gasteiger partial charge in [-0.3, -0.25) is 4.79 Å². The third-order valence-electron chi connectivity index (χ3n) is 3.76. The van der Waals surface area contributed by atoms with Crippen molar-refractivity contribution in [2.45, 2.75) is 44.6 Å². The Hall–Kier alpha value is -1.73. The Morgan fingerprint density at radius 3 is 2.67 bits per heavy atom. The van der Waals surface area contributed by atoms with Crippen molar-refractivity contribution >= 4 is 23.2 Å². The molecule has 1 aromatic carbocycles. The van der Waals surface area contributed by atoms with Crippen LogP contribution in [0, 0.1) is 11.3 Å². The Morgan fingerprint density at radius 2 is 2.00 bits per heavy atom. The van der Waals surface area contributed by atoms with Gasteiger partial charge >= 0.3 is 0 Å². The topological polar surface area (TPSA) is 64.9 Å². The summed E-state index contributed by atoms with van der Waals surface area (Å²) in [6.07, 6.45) is 7.04. The van der Waals surface area contributed by atoms with Gasteiger partial charge in [-0.25, -0.2) is 0 Å². The number of anilines is 1. The lowest BCUT2D eigenvalue weighted by molar-refractivity contribution is -0.120. The molecule has 1 amide bonds. The predicted octanol–water partition coefficient (Wildman–Crippen LogP) is 3.46. The van der Waals surface area contributed by atoms with E-state index < -0.39 is 0 Å². The molecular weight excluding hydrogens is 286 g/mol. The van der Waals surface area contributed by atoms with Crippen LogP contribution in [0.25, 0.3) is 0 Å². The zero-order chi connectivity index (χ0) is 15.1. The second-order valence-corrected chi connectivity index (χ2v) is 5.82. The summed E-state index contributed by atoms with van der Waals surface area (Å²) in [5, 5.41) is 15.4. The van der Waals surface area contributed by atoms with Crippen molar-refractivity contribution < 1.29 is 4.79 Å². The van der Waals surface area contributed by atoms with Gasteiger partial charge in [0.2, 0.25) is 5.91 Å². The Morgan fingerprint density at radius 1 is 1.29 bits per heavy atom. The van der Waals surface area contributed by atoms with Crippen LogP contribution >= 0.6 is 11.6 Å². The first kappa shape index (κ1) is 15.7. The van der Waals surface area contributed by atoms with Crippen molar-refractivity contribution in [3.05, 3.63) is 28.8 Å². The molecule has 1 aliphatic rings. The van der Waals surface area contributed by atoms with E-state index in [0.717, 1.165) is 12.8 Å². The smallest absolute Gasteiger partial charge is 0.239 e. The van der Waals surface area contributed by atoms with Crippen LogP contribution < -0.4 is 10.6 Å². The lowest BCUT2D eigenvalue weighted by Crippen LogP contribution is -2.38. The average molecular weight is 306 g/mol. The summed E-state index contributed by atoms with van der Waals surface area (Å²) in [7, 11) is 0. The fraction of sp³-hybridized carbons (Fsp3) is 0.500. The van der Waals surface area contributed by atoms with Crippen molar-refractivity contribution in [3.8, 4) is 6.07 Å². The standard InChI is InChI=1S/C16H20ClN3O/c17-14-8-7-12(10-18)9-15(14)19-11-16(21)20-13-5-3-1-2-4-6-13/h7-9,13,19H,1-6,11H2,(H,20,21). The van der Waals surface area contributed by atoms with E-state index in [2.05, 4.69) is 16.7 Å². The van der Waals surface area contributed by atoms with Crippen molar-refractivity contribution in [1.29, 1.82) is 5.26 Å². The number of hydrogen-bond donors (Lipinski definition) is 2. The molecule has 0 heterocycles. The van der Waals surface area contributed by atoms with E-state index in [9.17, 15) is 4.79 Å². The molecule has 1 fully saturated rings. The summed E-state index contributed by atoms with van der Waals surface area (Å²) in [5.74, 6) is -0.0275. The van der Waals surface area contributed by atoms with Crippen LogP contribution in [0.5, 0.6) is 0 Å². The SMILES string of the molecule is N#Cc1ccc(Cl)c(NCC(=O)NC2CCCCCC2)c1. The summed E-state index contributed by atoms with van der Waals surface area (Å²) in [6, 6.07) is 7.31. The van der Waals surface area contributed by atoms with Crippen LogP contribution in [0.1, 0.15) is 44.1 Å².